The number of amides is 1. The van der Waals surface area contributed by atoms with Crippen LogP contribution in [0.3, 0.4) is 0 Å². The average molecular weight is 317 g/mol. The quantitative estimate of drug-likeness (QED) is 0.866. The second kappa shape index (κ2) is 5.46. The van der Waals surface area contributed by atoms with Crippen molar-refractivity contribution in [1.82, 2.24) is 0 Å². The SMILES string of the molecule is CC1(C(=O)Nc2c(F)cccc2F)Cc2ccccc2C(=O)O1. The van der Waals surface area contributed by atoms with E-state index in [4.69, 9.17) is 4.74 Å². The zero-order valence-corrected chi connectivity index (χ0v) is 12.2. The van der Waals surface area contributed by atoms with Gasteiger partial charge in [-0.25, -0.2) is 13.6 Å². The first-order valence-electron chi connectivity index (χ1n) is 6.97. The van der Waals surface area contributed by atoms with Crippen molar-refractivity contribution in [3.05, 3.63) is 65.2 Å². The largest absolute Gasteiger partial charge is 0.445 e. The number of carbonyl (C=O) groups is 2. The van der Waals surface area contributed by atoms with Crippen LogP contribution < -0.4 is 5.32 Å². The summed E-state index contributed by atoms with van der Waals surface area (Å²) in [6.07, 6.45) is 0.122. The van der Waals surface area contributed by atoms with E-state index in [-0.39, 0.29) is 6.42 Å². The Morgan fingerprint density at radius 3 is 2.48 bits per heavy atom. The molecule has 1 atom stereocenters. The van der Waals surface area contributed by atoms with Crippen molar-refractivity contribution in [2.24, 2.45) is 0 Å². The first-order chi connectivity index (χ1) is 10.9. The lowest BCUT2D eigenvalue weighted by molar-refractivity contribution is -0.134. The van der Waals surface area contributed by atoms with Gasteiger partial charge in [-0.1, -0.05) is 24.3 Å². The summed E-state index contributed by atoms with van der Waals surface area (Å²) in [5.41, 5.74) is -1.07. The topological polar surface area (TPSA) is 55.4 Å². The zero-order valence-electron chi connectivity index (χ0n) is 12.2. The summed E-state index contributed by atoms with van der Waals surface area (Å²) in [5.74, 6) is -3.23. The predicted octanol–water partition coefficient (Wildman–Crippen LogP) is 3.08. The maximum atomic E-state index is 13.7. The van der Waals surface area contributed by atoms with Gasteiger partial charge >= 0.3 is 5.97 Å². The molecule has 0 aromatic heterocycles. The van der Waals surface area contributed by atoms with Crippen molar-refractivity contribution in [2.45, 2.75) is 18.9 Å². The molecule has 1 aliphatic heterocycles. The van der Waals surface area contributed by atoms with E-state index in [1.807, 2.05) is 0 Å². The van der Waals surface area contributed by atoms with Crippen LogP contribution in [0.15, 0.2) is 42.5 Å². The molecule has 2 aromatic rings. The number of para-hydroxylation sites is 1. The molecule has 1 aliphatic rings. The van der Waals surface area contributed by atoms with Gasteiger partial charge in [0.2, 0.25) is 0 Å². The lowest BCUT2D eigenvalue weighted by Crippen LogP contribution is -2.49. The molecule has 0 aliphatic carbocycles. The first-order valence-corrected chi connectivity index (χ1v) is 6.97. The van der Waals surface area contributed by atoms with Gasteiger partial charge in [0.25, 0.3) is 5.91 Å². The number of hydrogen-bond donors (Lipinski definition) is 1. The van der Waals surface area contributed by atoms with Gasteiger partial charge in [0, 0.05) is 6.42 Å². The number of halogens is 2. The fourth-order valence-corrected chi connectivity index (χ4v) is 2.52. The third-order valence-electron chi connectivity index (χ3n) is 3.76. The van der Waals surface area contributed by atoms with E-state index < -0.39 is 34.8 Å². The van der Waals surface area contributed by atoms with E-state index >= 15 is 0 Å². The van der Waals surface area contributed by atoms with Crippen LogP contribution in [0.4, 0.5) is 14.5 Å². The lowest BCUT2D eigenvalue weighted by atomic mass is 9.89. The number of anilines is 1. The normalized spacial score (nSPS) is 19.7. The number of nitrogens with one attached hydrogen (secondary N) is 1. The van der Waals surface area contributed by atoms with E-state index in [2.05, 4.69) is 5.32 Å². The van der Waals surface area contributed by atoms with Gasteiger partial charge in [-0.3, -0.25) is 4.79 Å². The molecule has 0 radical (unpaired) electrons. The van der Waals surface area contributed by atoms with Crippen molar-refractivity contribution in [3.63, 3.8) is 0 Å². The summed E-state index contributed by atoms with van der Waals surface area (Å²) in [6, 6.07) is 10.0. The summed E-state index contributed by atoms with van der Waals surface area (Å²) >= 11 is 0. The Labute approximate surface area is 131 Å². The third-order valence-corrected chi connectivity index (χ3v) is 3.76. The summed E-state index contributed by atoms with van der Waals surface area (Å²) in [5, 5.41) is 2.17. The monoisotopic (exact) mass is 317 g/mol. The summed E-state index contributed by atoms with van der Waals surface area (Å²) in [4.78, 5) is 24.5. The van der Waals surface area contributed by atoms with Gasteiger partial charge in [0.15, 0.2) is 5.60 Å². The lowest BCUT2D eigenvalue weighted by Gasteiger charge is -2.33. The van der Waals surface area contributed by atoms with Crippen molar-refractivity contribution >= 4 is 17.6 Å². The molecule has 1 heterocycles. The second-order valence-electron chi connectivity index (χ2n) is 5.51. The van der Waals surface area contributed by atoms with Crippen molar-refractivity contribution in [3.8, 4) is 0 Å². The first kappa shape index (κ1) is 15.1. The zero-order chi connectivity index (χ0) is 16.6. The minimum absolute atomic E-state index is 0.122. The fourth-order valence-electron chi connectivity index (χ4n) is 2.52. The van der Waals surface area contributed by atoms with Crippen LogP contribution in [0.1, 0.15) is 22.8 Å². The average Bonchev–Trinajstić information content (AvgIpc) is 2.50. The number of rotatable bonds is 2. The number of cyclic esters (lactones) is 1. The smallest absolute Gasteiger partial charge is 0.339 e. The minimum Gasteiger partial charge on any atom is -0.445 e. The molecular formula is C17H13F2NO3. The third kappa shape index (κ3) is 2.67. The predicted molar refractivity (Wildman–Crippen MR) is 79.0 cm³/mol. The van der Waals surface area contributed by atoms with Crippen LogP contribution in [0.2, 0.25) is 0 Å². The van der Waals surface area contributed by atoms with E-state index in [0.717, 1.165) is 12.1 Å². The summed E-state index contributed by atoms with van der Waals surface area (Å²) in [6.45, 7) is 1.41. The Morgan fingerprint density at radius 2 is 1.78 bits per heavy atom. The molecule has 1 unspecified atom stereocenters. The van der Waals surface area contributed by atoms with E-state index in [0.29, 0.717) is 11.1 Å². The number of hydrogen-bond acceptors (Lipinski definition) is 3. The molecule has 118 valence electrons. The second-order valence-corrected chi connectivity index (χ2v) is 5.51. The highest BCUT2D eigenvalue weighted by Gasteiger charge is 2.43. The maximum absolute atomic E-state index is 13.7. The Bertz CT molecular complexity index is 786. The Morgan fingerprint density at radius 1 is 1.13 bits per heavy atom. The molecule has 4 nitrogen and oxygen atoms in total. The molecule has 1 amide bonds. The molecule has 0 saturated heterocycles. The molecule has 0 spiro atoms. The highest BCUT2D eigenvalue weighted by molar-refractivity contribution is 6.02. The van der Waals surface area contributed by atoms with Gasteiger partial charge in [-0.05, 0) is 30.7 Å². The number of benzene rings is 2. The Hall–Kier alpha value is -2.76. The number of esters is 1. The highest BCUT2D eigenvalue weighted by atomic mass is 19.1. The fraction of sp³-hybridized carbons (Fsp3) is 0.176. The number of carbonyl (C=O) groups excluding carboxylic acids is 2. The standard InChI is InChI=1S/C17H13F2NO3/c1-17(9-10-5-2-3-6-11(10)15(21)23-17)16(22)20-14-12(18)7-4-8-13(14)19/h2-8H,9H2,1H3,(H,20,22). The van der Waals surface area contributed by atoms with Crippen molar-refractivity contribution in [1.29, 1.82) is 0 Å². The number of fused-ring (bicyclic) bond motifs is 1. The maximum Gasteiger partial charge on any atom is 0.339 e. The molecule has 3 rings (SSSR count). The molecule has 1 N–H and O–H groups in total. The van der Waals surface area contributed by atoms with Crippen LogP contribution in [-0.4, -0.2) is 17.5 Å². The highest BCUT2D eigenvalue weighted by Crippen LogP contribution is 2.30. The van der Waals surface area contributed by atoms with E-state index in [9.17, 15) is 18.4 Å². The Kier molecular flexibility index (Phi) is 3.60. The van der Waals surface area contributed by atoms with Crippen LogP contribution >= 0.6 is 0 Å². The molecule has 0 fully saturated rings. The van der Waals surface area contributed by atoms with E-state index in [1.165, 1.54) is 13.0 Å². The van der Waals surface area contributed by atoms with Crippen LogP contribution in [0, 0.1) is 11.6 Å². The van der Waals surface area contributed by atoms with Gasteiger partial charge in [-0.15, -0.1) is 0 Å². The Balaban J connectivity index is 1.90. The molecule has 0 bridgehead atoms. The minimum atomic E-state index is -1.54. The summed E-state index contributed by atoms with van der Waals surface area (Å²) < 4.78 is 32.5. The number of ether oxygens (including phenoxy) is 1. The van der Waals surface area contributed by atoms with Crippen LogP contribution in [0.25, 0.3) is 0 Å². The summed E-state index contributed by atoms with van der Waals surface area (Å²) in [7, 11) is 0. The van der Waals surface area contributed by atoms with Crippen molar-refractivity contribution in [2.75, 3.05) is 5.32 Å². The van der Waals surface area contributed by atoms with Gasteiger partial charge in [-0.2, -0.15) is 0 Å². The van der Waals surface area contributed by atoms with E-state index in [1.54, 1.807) is 24.3 Å². The van der Waals surface area contributed by atoms with Gasteiger partial charge in [0.05, 0.1) is 5.56 Å². The van der Waals surface area contributed by atoms with Gasteiger partial charge in [0.1, 0.15) is 17.3 Å². The molecule has 0 saturated carbocycles. The molecule has 2 aromatic carbocycles. The van der Waals surface area contributed by atoms with Gasteiger partial charge < -0.3 is 10.1 Å². The van der Waals surface area contributed by atoms with Crippen LogP contribution in [-0.2, 0) is 16.0 Å². The molecular weight excluding hydrogens is 304 g/mol. The molecule has 6 heteroatoms. The molecule has 23 heavy (non-hydrogen) atoms. The van der Waals surface area contributed by atoms with Crippen molar-refractivity contribution < 1.29 is 23.1 Å². The van der Waals surface area contributed by atoms with Crippen LogP contribution in [0.5, 0.6) is 0 Å².